The molecule has 6 nitrogen and oxygen atoms in total. The first-order chi connectivity index (χ1) is 10.1. The van der Waals surface area contributed by atoms with Crippen molar-refractivity contribution in [2.24, 2.45) is 5.41 Å². The number of carboxylic acids is 1. The van der Waals surface area contributed by atoms with Crippen molar-refractivity contribution in [3.63, 3.8) is 0 Å². The Morgan fingerprint density at radius 2 is 1.86 bits per heavy atom. The van der Waals surface area contributed by atoms with Gasteiger partial charge in [0, 0.05) is 13.0 Å². The van der Waals surface area contributed by atoms with E-state index < -0.39 is 11.4 Å². The number of ether oxygens (including phenoxy) is 2. The van der Waals surface area contributed by atoms with Gasteiger partial charge in [0.1, 0.15) is 0 Å². The maximum atomic E-state index is 12.1. The van der Waals surface area contributed by atoms with E-state index in [1.165, 1.54) is 0 Å². The second-order valence-electron chi connectivity index (χ2n) is 6.05. The Labute approximate surface area is 125 Å². The molecule has 1 saturated carbocycles. The summed E-state index contributed by atoms with van der Waals surface area (Å²) in [6.07, 6.45) is 5.03. The molecule has 1 atom stereocenters. The van der Waals surface area contributed by atoms with Crippen LogP contribution in [-0.4, -0.2) is 49.5 Å². The van der Waals surface area contributed by atoms with Gasteiger partial charge >= 0.3 is 5.97 Å². The summed E-state index contributed by atoms with van der Waals surface area (Å²) in [5.41, 5.74) is -0.884. The SMILES string of the molecule is O=C(CC1(C(=O)O)CCCCCC1)NCC1COCCO1. The van der Waals surface area contributed by atoms with Gasteiger partial charge in [-0.05, 0) is 12.8 Å². The summed E-state index contributed by atoms with van der Waals surface area (Å²) in [5.74, 6) is -1.04. The van der Waals surface area contributed by atoms with Gasteiger partial charge in [0.05, 0.1) is 31.3 Å². The molecule has 21 heavy (non-hydrogen) atoms. The molecule has 2 N–H and O–H groups in total. The fraction of sp³-hybridized carbons (Fsp3) is 0.867. The van der Waals surface area contributed by atoms with Gasteiger partial charge in [0.25, 0.3) is 0 Å². The van der Waals surface area contributed by atoms with Crippen LogP contribution in [0.5, 0.6) is 0 Å². The predicted octanol–water partition coefficient (Wildman–Crippen LogP) is 1.33. The van der Waals surface area contributed by atoms with Crippen LogP contribution < -0.4 is 5.32 Å². The number of aliphatic carboxylic acids is 1. The first kappa shape index (κ1) is 16.2. The molecule has 2 rings (SSSR count). The number of carbonyl (C=O) groups is 2. The molecule has 0 radical (unpaired) electrons. The van der Waals surface area contributed by atoms with E-state index in [1.807, 2.05) is 0 Å². The Kier molecular flexibility index (Phi) is 5.99. The van der Waals surface area contributed by atoms with Crippen molar-refractivity contribution < 1.29 is 24.2 Å². The zero-order valence-corrected chi connectivity index (χ0v) is 12.4. The zero-order valence-electron chi connectivity index (χ0n) is 12.4. The molecule has 2 fully saturated rings. The van der Waals surface area contributed by atoms with E-state index in [9.17, 15) is 14.7 Å². The largest absolute Gasteiger partial charge is 0.481 e. The molecular formula is C15H25NO5. The molecule has 1 saturated heterocycles. The maximum Gasteiger partial charge on any atom is 0.310 e. The second-order valence-corrected chi connectivity index (χ2v) is 6.05. The standard InChI is InChI=1S/C15H25NO5/c17-13(16-10-12-11-20-7-8-21-12)9-15(14(18)19)5-3-1-2-4-6-15/h12H,1-11H2,(H,16,17)(H,18,19). The van der Waals surface area contributed by atoms with Crippen LogP contribution >= 0.6 is 0 Å². The summed E-state index contributed by atoms with van der Waals surface area (Å²) >= 11 is 0. The van der Waals surface area contributed by atoms with E-state index in [-0.39, 0.29) is 18.4 Å². The van der Waals surface area contributed by atoms with Crippen molar-refractivity contribution in [1.82, 2.24) is 5.32 Å². The lowest BCUT2D eigenvalue weighted by molar-refractivity contribution is -0.153. The molecule has 0 spiro atoms. The topological polar surface area (TPSA) is 84.9 Å². The van der Waals surface area contributed by atoms with Gasteiger partial charge in [-0.2, -0.15) is 0 Å². The van der Waals surface area contributed by atoms with Crippen molar-refractivity contribution in [1.29, 1.82) is 0 Å². The molecule has 1 aliphatic heterocycles. The number of amides is 1. The third-order valence-electron chi connectivity index (χ3n) is 4.43. The Hall–Kier alpha value is -1.14. The van der Waals surface area contributed by atoms with Gasteiger partial charge in [-0.3, -0.25) is 9.59 Å². The van der Waals surface area contributed by atoms with E-state index in [2.05, 4.69) is 5.32 Å². The molecule has 0 aromatic rings. The lowest BCUT2D eigenvalue weighted by Crippen LogP contribution is -2.42. The van der Waals surface area contributed by atoms with Crippen molar-refractivity contribution in [2.75, 3.05) is 26.4 Å². The molecule has 2 aliphatic rings. The number of carboxylic acid groups (broad SMARTS) is 1. The highest BCUT2D eigenvalue weighted by Crippen LogP contribution is 2.38. The Bertz CT molecular complexity index is 357. The second kappa shape index (κ2) is 7.75. The minimum Gasteiger partial charge on any atom is -0.481 e. The van der Waals surface area contributed by atoms with Gasteiger partial charge in [0.2, 0.25) is 5.91 Å². The highest BCUT2D eigenvalue weighted by Gasteiger charge is 2.40. The van der Waals surface area contributed by atoms with E-state index >= 15 is 0 Å². The van der Waals surface area contributed by atoms with E-state index in [0.717, 1.165) is 25.7 Å². The molecule has 120 valence electrons. The van der Waals surface area contributed by atoms with Crippen LogP contribution in [-0.2, 0) is 19.1 Å². The lowest BCUT2D eigenvalue weighted by Gasteiger charge is -2.28. The van der Waals surface area contributed by atoms with Gasteiger partial charge in [0.15, 0.2) is 0 Å². The summed E-state index contributed by atoms with van der Waals surface area (Å²) in [7, 11) is 0. The molecule has 0 bridgehead atoms. The molecule has 1 unspecified atom stereocenters. The normalized spacial score (nSPS) is 25.8. The van der Waals surface area contributed by atoms with Gasteiger partial charge in [-0.1, -0.05) is 25.7 Å². The van der Waals surface area contributed by atoms with Crippen LogP contribution in [0.1, 0.15) is 44.9 Å². The summed E-state index contributed by atoms with van der Waals surface area (Å²) in [6, 6.07) is 0. The predicted molar refractivity (Wildman–Crippen MR) is 76.0 cm³/mol. The van der Waals surface area contributed by atoms with Crippen LogP contribution in [0.4, 0.5) is 0 Å². The average molecular weight is 299 g/mol. The monoisotopic (exact) mass is 299 g/mol. The van der Waals surface area contributed by atoms with Gasteiger partial charge in [-0.15, -0.1) is 0 Å². The molecule has 1 heterocycles. The molecular weight excluding hydrogens is 274 g/mol. The van der Waals surface area contributed by atoms with Crippen molar-refractivity contribution in [3.05, 3.63) is 0 Å². The van der Waals surface area contributed by atoms with Crippen LogP contribution in [0.15, 0.2) is 0 Å². The van der Waals surface area contributed by atoms with Gasteiger partial charge in [-0.25, -0.2) is 0 Å². The Balaban J connectivity index is 1.84. The highest BCUT2D eigenvalue weighted by molar-refractivity contribution is 5.85. The quantitative estimate of drug-likeness (QED) is 0.748. The van der Waals surface area contributed by atoms with E-state index in [1.54, 1.807) is 0 Å². The number of hydrogen-bond acceptors (Lipinski definition) is 4. The fourth-order valence-electron chi connectivity index (χ4n) is 3.12. The van der Waals surface area contributed by atoms with Crippen molar-refractivity contribution in [3.8, 4) is 0 Å². The number of nitrogens with one attached hydrogen (secondary N) is 1. The van der Waals surface area contributed by atoms with Crippen LogP contribution in [0.25, 0.3) is 0 Å². The minimum absolute atomic E-state index is 0.0654. The minimum atomic E-state index is -0.884. The van der Waals surface area contributed by atoms with E-state index in [0.29, 0.717) is 39.2 Å². The van der Waals surface area contributed by atoms with Crippen molar-refractivity contribution in [2.45, 2.75) is 51.0 Å². The Morgan fingerprint density at radius 3 is 2.43 bits per heavy atom. The molecule has 1 aliphatic carbocycles. The smallest absolute Gasteiger partial charge is 0.310 e. The summed E-state index contributed by atoms with van der Waals surface area (Å²) < 4.78 is 10.7. The third kappa shape index (κ3) is 4.68. The summed E-state index contributed by atoms with van der Waals surface area (Å²) in [5, 5.41) is 12.3. The van der Waals surface area contributed by atoms with Crippen LogP contribution in [0.2, 0.25) is 0 Å². The first-order valence-electron chi connectivity index (χ1n) is 7.82. The number of hydrogen-bond donors (Lipinski definition) is 2. The molecule has 0 aromatic heterocycles. The molecule has 0 aromatic carbocycles. The molecule has 6 heteroatoms. The maximum absolute atomic E-state index is 12.1. The zero-order chi connectivity index (χ0) is 15.1. The Morgan fingerprint density at radius 1 is 1.14 bits per heavy atom. The first-order valence-corrected chi connectivity index (χ1v) is 7.82. The average Bonchev–Trinajstić information content (AvgIpc) is 2.73. The van der Waals surface area contributed by atoms with Crippen molar-refractivity contribution >= 4 is 11.9 Å². The summed E-state index contributed by atoms with van der Waals surface area (Å²) in [4.78, 5) is 23.8. The highest BCUT2D eigenvalue weighted by atomic mass is 16.6. The number of rotatable bonds is 5. The molecule has 1 amide bonds. The number of carbonyl (C=O) groups excluding carboxylic acids is 1. The summed E-state index contributed by atoms with van der Waals surface area (Å²) in [6.45, 7) is 1.99. The van der Waals surface area contributed by atoms with E-state index in [4.69, 9.17) is 9.47 Å². The van der Waals surface area contributed by atoms with Gasteiger partial charge < -0.3 is 19.9 Å². The van der Waals surface area contributed by atoms with Crippen LogP contribution in [0, 0.1) is 5.41 Å². The third-order valence-corrected chi connectivity index (χ3v) is 4.43. The fourth-order valence-corrected chi connectivity index (χ4v) is 3.12. The van der Waals surface area contributed by atoms with Crippen LogP contribution in [0.3, 0.4) is 0 Å². The lowest BCUT2D eigenvalue weighted by atomic mass is 9.77.